The van der Waals surface area contributed by atoms with Gasteiger partial charge < -0.3 is 10.6 Å². The van der Waals surface area contributed by atoms with Gasteiger partial charge in [0.15, 0.2) is 11.9 Å². The average Bonchev–Trinajstić information content (AvgIpc) is 2.36. The summed E-state index contributed by atoms with van der Waals surface area (Å²) < 4.78 is 0. The van der Waals surface area contributed by atoms with Gasteiger partial charge in [-0.3, -0.25) is 16.1 Å². The number of guanidine groups is 2. The van der Waals surface area contributed by atoms with Crippen LogP contribution >= 0.6 is 0 Å². The summed E-state index contributed by atoms with van der Waals surface area (Å²) in [6.45, 7) is 0.720. The molecule has 1 rings (SSSR count). The number of benzene rings is 1. The predicted octanol–water partition coefficient (Wildman–Crippen LogP) is 0.887. The minimum atomic E-state index is 0.116. The maximum atomic E-state index is 7.50. The fourth-order valence-corrected chi connectivity index (χ4v) is 1.38. The third-order valence-electron chi connectivity index (χ3n) is 2.29. The number of rotatable bonds is 4. The Labute approximate surface area is 102 Å². The van der Waals surface area contributed by atoms with Crippen molar-refractivity contribution in [3.63, 3.8) is 0 Å². The molecule has 0 unspecified atom stereocenters. The highest BCUT2D eigenvalue weighted by atomic mass is 15.2. The van der Waals surface area contributed by atoms with E-state index in [0.29, 0.717) is 0 Å². The number of hydrogen-bond donors (Lipinski definition) is 5. The Balaban J connectivity index is 2.12. The Bertz CT molecular complexity index is 360. The molecule has 92 valence electrons. The first-order valence-corrected chi connectivity index (χ1v) is 5.62. The molecule has 0 saturated carbocycles. The van der Waals surface area contributed by atoms with Crippen LogP contribution in [0, 0.1) is 10.8 Å². The lowest BCUT2D eigenvalue weighted by Gasteiger charge is -2.10. The van der Waals surface area contributed by atoms with Gasteiger partial charge in [-0.1, -0.05) is 30.3 Å². The van der Waals surface area contributed by atoms with Crippen LogP contribution < -0.4 is 16.0 Å². The fraction of sp³-hybridized carbons (Fsp3) is 0.333. The molecule has 0 bridgehead atoms. The zero-order chi connectivity index (χ0) is 12.5. The quantitative estimate of drug-likeness (QED) is 0.304. The van der Waals surface area contributed by atoms with Gasteiger partial charge in [0.25, 0.3) is 0 Å². The van der Waals surface area contributed by atoms with Gasteiger partial charge in [0.05, 0.1) is 0 Å². The van der Waals surface area contributed by atoms with E-state index in [9.17, 15) is 0 Å². The van der Waals surface area contributed by atoms with Crippen LogP contribution in [0.15, 0.2) is 30.3 Å². The van der Waals surface area contributed by atoms with Gasteiger partial charge in [0.2, 0.25) is 0 Å². The normalized spacial score (nSPS) is 9.47. The van der Waals surface area contributed by atoms with Crippen molar-refractivity contribution in [3.8, 4) is 0 Å². The van der Waals surface area contributed by atoms with Gasteiger partial charge in [0.1, 0.15) is 0 Å². The van der Waals surface area contributed by atoms with E-state index in [1.54, 1.807) is 7.05 Å². The van der Waals surface area contributed by atoms with Crippen LogP contribution in [0.2, 0.25) is 0 Å². The van der Waals surface area contributed by atoms with Gasteiger partial charge in [-0.15, -0.1) is 0 Å². The van der Waals surface area contributed by atoms with Gasteiger partial charge in [-0.2, -0.15) is 0 Å². The van der Waals surface area contributed by atoms with Crippen LogP contribution in [0.4, 0.5) is 0 Å². The summed E-state index contributed by atoms with van der Waals surface area (Å²) in [5.74, 6) is 0.267. The largest absolute Gasteiger partial charge is 0.359 e. The zero-order valence-corrected chi connectivity index (χ0v) is 10.0. The molecule has 0 radical (unpaired) electrons. The molecule has 5 heteroatoms. The molecule has 17 heavy (non-hydrogen) atoms. The SMILES string of the molecule is CNC(=N)NC(=N)NCCCc1ccccc1. The van der Waals surface area contributed by atoms with E-state index < -0.39 is 0 Å². The fourth-order valence-electron chi connectivity index (χ4n) is 1.38. The molecule has 0 heterocycles. The molecule has 0 spiro atoms. The minimum Gasteiger partial charge on any atom is -0.359 e. The molecule has 5 nitrogen and oxygen atoms in total. The Hall–Kier alpha value is -2.04. The summed E-state index contributed by atoms with van der Waals surface area (Å²) in [5, 5.41) is 22.9. The van der Waals surface area contributed by atoms with Crippen molar-refractivity contribution < 1.29 is 0 Å². The van der Waals surface area contributed by atoms with Crippen molar-refractivity contribution in [1.29, 1.82) is 10.8 Å². The first-order valence-electron chi connectivity index (χ1n) is 5.62. The zero-order valence-electron chi connectivity index (χ0n) is 10.0. The molecule has 0 amide bonds. The van der Waals surface area contributed by atoms with Crippen LogP contribution in [0.1, 0.15) is 12.0 Å². The highest BCUT2D eigenvalue weighted by Crippen LogP contribution is 2.01. The third kappa shape index (κ3) is 5.55. The average molecular weight is 233 g/mol. The maximum Gasteiger partial charge on any atom is 0.195 e. The van der Waals surface area contributed by atoms with E-state index >= 15 is 0 Å². The Morgan fingerprint density at radius 1 is 1.12 bits per heavy atom. The van der Waals surface area contributed by atoms with E-state index in [-0.39, 0.29) is 11.9 Å². The highest BCUT2D eigenvalue weighted by Gasteiger charge is 1.97. The molecular weight excluding hydrogens is 214 g/mol. The third-order valence-corrected chi connectivity index (χ3v) is 2.29. The van der Waals surface area contributed by atoms with E-state index in [0.717, 1.165) is 19.4 Å². The Kier molecular flexibility index (Phi) is 5.57. The summed E-state index contributed by atoms with van der Waals surface area (Å²) in [5.41, 5.74) is 1.30. The summed E-state index contributed by atoms with van der Waals surface area (Å²) in [4.78, 5) is 0. The molecular formula is C12H19N5. The molecule has 0 aliphatic carbocycles. The summed E-state index contributed by atoms with van der Waals surface area (Å²) in [7, 11) is 1.64. The molecule has 0 atom stereocenters. The molecule has 0 fully saturated rings. The summed E-state index contributed by atoms with van der Waals surface area (Å²) in [6.07, 6.45) is 1.95. The predicted molar refractivity (Wildman–Crippen MR) is 70.4 cm³/mol. The molecule has 5 N–H and O–H groups in total. The van der Waals surface area contributed by atoms with Crippen LogP contribution in [0.5, 0.6) is 0 Å². The van der Waals surface area contributed by atoms with Gasteiger partial charge in [-0.05, 0) is 18.4 Å². The second-order valence-corrected chi connectivity index (χ2v) is 3.64. The molecule has 0 aliphatic rings. The van der Waals surface area contributed by atoms with Crippen molar-refractivity contribution >= 4 is 11.9 Å². The minimum absolute atomic E-state index is 0.116. The van der Waals surface area contributed by atoms with Crippen molar-refractivity contribution in [2.45, 2.75) is 12.8 Å². The first-order chi connectivity index (χ1) is 8.22. The van der Waals surface area contributed by atoms with Crippen molar-refractivity contribution in [2.24, 2.45) is 0 Å². The maximum absolute atomic E-state index is 7.50. The molecule has 1 aromatic carbocycles. The van der Waals surface area contributed by atoms with Crippen molar-refractivity contribution in [3.05, 3.63) is 35.9 Å². The van der Waals surface area contributed by atoms with Gasteiger partial charge in [0, 0.05) is 13.6 Å². The van der Waals surface area contributed by atoms with E-state index in [2.05, 4.69) is 28.1 Å². The standard InChI is InChI=1S/C12H19N5/c1-15-11(13)17-12(14)16-9-5-8-10-6-3-2-4-7-10/h2-4,6-7H,5,8-9H2,1H3,(H5,13,14,15,16,17). The summed E-state index contributed by atoms with van der Waals surface area (Å²) in [6, 6.07) is 10.3. The van der Waals surface area contributed by atoms with Crippen molar-refractivity contribution in [1.82, 2.24) is 16.0 Å². The van der Waals surface area contributed by atoms with E-state index in [1.807, 2.05) is 18.2 Å². The van der Waals surface area contributed by atoms with Gasteiger partial charge >= 0.3 is 0 Å². The highest BCUT2D eigenvalue weighted by molar-refractivity contribution is 5.95. The van der Waals surface area contributed by atoms with Crippen LogP contribution in [-0.2, 0) is 6.42 Å². The Morgan fingerprint density at radius 3 is 2.47 bits per heavy atom. The summed E-state index contributed by atoms with van der Waals surface area (Å²) >= 11 is 0. The van der Waals surface area contributed by atoms with Crippen molar-refractivity contribution in [2.75, 3.05) is 13.6 Å². The van der Waals surface area contributed by atoms with E-state index in [1.165, 1.54) is 5.56 Å². The molecule has 1 aromatic rings. The van der Waals surface area contributed by atoms with E-state index in [4.69, 9.17) is 10.8 Å². The smallest absolute Gasteiger partial charge is 0.195 e. The molecule has 0 aromatic heterocycles. The molecule has 0 saturated heterocycles. The van der Waals surface area contributed by atoms with Gasteiger partial charge in [-0.25, -0.2) is 0 Å². The lowest BCUT2D eigenvalue weighted by atomic mass is 10.1. The second kappa shape index (κ2) is 7.27. The molecule has 0 aliphatic heterocycles. The lowest BCUT2D eigenvalue weighted by Crippen LogP contribution is -2.44. The lowest BCUT2D eigenvalue weighted by molar-refractivity contribution is 0.759. The Morgan fingerprint density at radius 2 is 1.82 bits per heavy atom. The monoisotopic (exact) mass is 233 g/mol. The number of hydrogen-bond acceptors (Lipinski definition) is 2. The van der Waals surface area contributed by atoms with Crippen LogP contribution in [-0.4, -0.2) is 25.5 Å². The first kappa shape index (κ1) is 13.0. The van der Waals surface area contributed by atoms with Crippen LogP contribution in [0.3, 0.4) is 0 Å². The number of nitrogens with one attached hydrogen (secondary N) is 5. The second-order valence-electron chi connectivity index (χ2n) is 3.64. The van der Waals surface area contributed by atoms with Crippen LogP contribution in [0.25, 0.3) is 0 Å². The number of aryl methyl sites for hydroxylation is 1. The topological polar surface area (TPSA) is 83.8 Å².